The van der Waals surface area contributed by atoms with E-state index in [2.05, 4.69) is 15.0 Å². The molecule has 0 atom stereocenters. The summed E-state index contributed by atoms with van der Waals surface area (Å²) in [6.45, 7) is 1.96. The molecule has 6 heteroatoms. The van der Waals surface area contributed by atoms with Crippen LogP contribution in [0.5, 0.6) is 5.75 Å². The van der Waals surface area contributed by atoms with Crippen LogP contribution in [0.25, 0.3) is 10.9 Å². The maximum Gasteiger partial charge on any atom is 0.573 e. The Bertz CT molecular complexity index is 600. The second kappa shape index (κ2) is 5.01. The monoisotopic (exact) mass is 284 g/mol. The van der Waals surface area contributed by atoms with Crippen molar-refractivity contribution in [1.82, 2.24) is 10.3 Å². The third-order valence-corrected chi connectivity index (χ3v) is 3.70. The van der Waals surface area contributed by atoms with Crippen molar-refractivity contribution in [2.75, 3.05) is 13.1 Å². The second-order valence-electron chi connectivity index (χ2n) is 5.02. The summed E-state index contributed by atoms with van der Waals surface area (Å²) < 4.78 is 40.5. The fourth-order valence-corrected chi connectivity index (χ4v) is 2.80. The van der Waals surface area contributed by atoms with Gasteiger partial charge in [0, 0.05) is 23.2 Å². The van der Waals surface area contributed by atoms with Crippen LogP contribution in [0.2, 0.25) is 0 Å². The molecule has 0 unspecified atom stereocenters. The van der Waals surface area contributed by atoms with Gasteiger partial charge in [0.25, 0.3) is 0 Å². The lowest BCUT2D eigenvalue weighted by Crippen LogP contribution is -2.26. The maximum atomic E-state index is 12.2. The summed E-state index contributed by atoms with van der Waals surface area (Å²) in [5, 5.41) is 4.28. The molecule has 0 amide bonds. The van der Waals surface area contributed by atoms with E-state index in [4.69, 9.17) is 0 Å². The van der Waals surface area contributed by atoms with Gasteiger partial charge in [0.05, 0.1) is 0 Å². The molecule has 2 aromatic rings. The average molecular weight is 284 g/mol. The molecule has 1 aliphatic rings. The van der Waals surface area contributed by atoms with Crippen LogP contribution in [0.3, 0.4) is 0 Å². The first-order valence-electron chi connectivity index (χ1n) is 6.60. The summed E-state index contributed by atoms with van der Waals surface area (Å²) in [6.07, 6.45) is -0.655. The summed E-state index contributed by atoms with van der Waals surface area (Å²) in [5.41, 5.74) is 1.86. The van der Waals surface area contributed by atoms with Crippen molar-refractivity contribution >= 4 is 10.9 Å². The van der Waals surface area contributed by atoms with Gasteiger partial charge in [0.2, 0.25) is 0 Å². The number of nitrogens with one attached hydrogen (secondary N) is 2. The molecule has 1 aromatic heterocycles. The van der Waals surface area contributed by atoms with E-state index in [1.165, 1.54) is 17.7 Å². The molecule has 1 saturated heterocycles. The number of aromatic amines is 1. The number of hydrogen-bond acceptors (Lipinski definition) is 2. The summed E-state index contributed by atoms with van der Waals surface area (Å²) in [4.78, 5) is 3.04. The standard InChI is InChI=1S/C14H15F3N2O/c15-14(16,17)20-10-1-2-11-12(8-19-13(11)7-10)9-3-5-18-6-4-9/h1-2,7-9,18-19H,3-6H2. The predicted molar refractivity (Wildman–Crippen MR) is 69.8 cm³/mol. The van der Waals surface area contributed by atoms with Gasteiger partial charge in [-0.3, -0.25) is 0 Å². The Hall–Kier alpha value is -1.69. The molecule has 3 nitrogen and oxygen atoms in total. The molecule has 0 spiro atoms. The van der Waals surface area contributed by atoms with Crippen molar-refractivity contribution in [2.45, 2.75) is 25.1 Å². The number of hydrogen-bond donors (Lipinski definition) is 2. The highest BCUT2D eigenvalue weighted by molar-refractivity contribution is 5.85. The van der Waals surface area contributed by atoms with E-state index in [9.17, 15) is 13.2 Å². The molecule has 2 N–H and O–H groups in total. The zero-order valence-corrected chi connectivity index (χ0v) is 10.8. The Kier molecular flexibility index (Phi) is 3.33. The summed E-state index contributed by atoms with van der Waals surface area (Å²) in [5.74, 6) is 0.267. The normalized spacial score (nSPS) is 17.6. The number of benzene rings is 1. The SMILES string of the molecule is FC(F)(F)Oc1ccc2c(C3CCNCC3)c[nH]c2c1. The Morgan fingerprint density at radius 2 is 1.90 bits per heavy atom. The summed E-state index contributed by atoms with van der Waals surface area (Å²) >= 11 is 0. The highest BCUT2D eigenvalue weighted by Crippen LogP contribution is 2.33. The van der Waals surface area contributed by atoms with Gasteiger partial charge < -0.3 is 15.0 Å². The minimum Gasteiger partial charge on any atom is -0.406 e. The molecular weight excluding hydrogens is 269 g/mol. The summed E-state index contributed by atoms with van der Waals surface area (Å²) in [6, 6.07) is 4.46. The fourth-order valence-electron chi connectivity index (χ4n) is 2.80. The van der Waals surface area contributed by atoms with Crippen molar-refractivity contribution in [1.29, 1.82) is 0 Å². The Morgan fingerprint density at radius 3 is 2.60 bits per heavy atom. The van der Waals surface area contributed by atoms with E-state index in [1.807, 2.05) is 6.20 Å². The van der Waals surface area contributed by atoms with Crippen LogP contribution in [0.1, 0.15) is 24.3 Å². The van der Waals surface area contributed by atoms with Gasteiger partial charge in [0.15, 0.2) is 0 Å². The molecular formula is C14H15F3N2O. The molecule has 108 valence electrons. The van der Waals surface area contributed by atoms with Crippen molar-refractivity contribution in [3.63, 3.8) is 0 Å². The topological polar surface area (TPSA) is 37.0 Å². The van der Waals surface area contributed by atoms with E-state index in [0.29, 0.717) is 11.4 Å². The molecule has 1 aromatic carbocycles. The zero-order valence-electron chi connectivity index (χ0n) is 10.8. The molecule has 1 fully saturated rings. The Morgan fingerprint density at radius 1 is 1.15 bits per heavy atom. The number of aromatic nitrogens is 1. The lowest BCUT2D eigenvalue weighted by Gasteiger charge is -2.22. The molecule has 0 saturated carbocycles. The third-order valence-electron chi connectivity index (χ3n) is 3.70. The molecule has 0 radical (unpaired) electrons. The summed E-state index contributed by atoms with van der Waals surface area (Å²) in [7, 11) is 0. The van der Waals surface area contributed by atoms with E-state index in [1.54, 1.807) is 6.07 Å². The van der Waals surface area contributed by atoms with Gasteiger partial charge in [-0.2, -0.15) is 0 Å². The first kappa shape index (κ1) is 13.3. The van der Waals surface area contributed by atoms with E-state index in [0.717, 1.165) is 31.3 Å². The van der Waals surface area contributed by atoms with Crippen molar-refractivity contribution in [3.8, 4) is 5.75 Å². The van der Waals surface area contributed by atoms with E-state index < -0.39 is 6.36 Å². The van der Waals surface area contributed by atoms with E-state index >= 15 is 0 Å². The van der Waals surface area contributed by atoms with Crippen LogP contribution in [0.4, 0.5) is 13.2 Å². The number of ether oxygens (including phenoxy) is 1. The van der Waals surface area contributed by atoms with Crippen LogP contribution < -0.4 is 10.1 Å². The van der Waals surface area contributed by atoms with Crippen LogP contribution in [-0.4, -0.2) is 24.4 Å². The highest BCUT2D eigenvalue weighted by atomic mass is 19.4. The van der Waals surface area contributed by atoms with Gasteiger partial charge in [-0.05, 0) is 49.5 Å². The maximum absolute atomic E-state index is 12.2. The minimum atomic E-state index is -4.65. The van der Waals surface area contributed by atoms with Crippen LogP contribution in [0, 0.1) is 0 Å². The predicted octanol–water partition coefficient (Wildman–Crippen LogP) is 3.53. The molecule has 20 heavy (non-hydrogen) atoms. The molecule has 3 rings (SSSR count). The third kappa shape index (κ3) is 2.75. The van der Waals surface area contributed by atoms with Gasteiger partial charge in [-0.1, -0.05) is 0 Å². The van der Waals surface area contributed by atoms with Crippen LogP contribution in [0.15, 0.2) is 24.4 Å². The van der Waals surface area contributed by atoms with E-state index in [-0.39, 0.29) is 5.75 Å². The molecule has 2 heterocycles. The second-order valence-corrected chi connectivity index (χ2v) is 5.02. The molecule has 0 aliphatic carbocycles. The molecule has 0 bridgehead atoms. The first-order chi connectivity index (χ1) is 9.53. The minimum absolute atomic E-state index is 0.191. The largest absolute Gasteiger partial charge is 0.573 e. The Labute approximate surface area is 114 Å². The highest BCUT2D eigenvalue weighted by Gasteiger charge is 2.31. The van der Waals surface area contributed by atoms with Crippen molar-refractivity contribution in [3.05, 3.63) is 30.0 Å². The Balaban J connectivity index is 1.89. The average Bonchev–Trinajstić information content (AvgIpc) is 2.81. The zero-order chi connectivity index (χ0) is 14.2. The van der Waals surface area contributed by atoms with Gasteiger partial charge in [0.1, 0.15) is 5.75 Å². The molecule has 1 aliphatic heterocycles. The quantitative estimate of drug-likeness (QED) is 0.885. The number of halogens is 3. The number of H-pyrrole nitrogens is 1. The van der Waals surface area contributed by atoms with Crippen LogP contribution in [-0.2, 0) is 0 Å². The first-order valence-corrected chi connectivity index (χ1v) is 6.60. The lowest BCUT2D eigenvalue weighted by molar-refractivity contribution is -0.274. The smallest absolute Gasteiger partial charge is 0.406 e. The van der Waals surface area contributed by atoms with Gasteiger partial charge >= 0.3 is 6.36 Å². The number of fused-ring (bicyclic) bond motifs is 1. The van der Waals surface area contributed by atoms with Gasteiger partial charge in [-0.15, -0.1) is 13.2 Å². The lowest BCUT2D eigenvalue weighted by atomic mass is 9.90. The van der Waals surface area contributed by atoms with Crippen molar-refractivity contribution < 1.29 is 17.9 Å². The van der Waals surface area contributed by atoms with Crippen LogP contribution >= 0.6 is 0 Å². The number of rotatable bonds is 2. The number of piperidine rings is 1. The van der Waals surface area contributed by atoms with Crippen molar-refractivity contribution in [2.24, 2.45) is 0 Å². The fraction of sp³-hybridized carbons (Fsp3) is 0.429. The number of alkyl halides is 3. The van der Waals surface area contributed by atoms with Gasteiger partial charge in [-0.25, -0.2) is 0 Å².